The first-order chi connectivity index (χ1) is 12.2. The fraction of sp³-hybridized carbons (Fsp3) is 0.143. The zero-order valence-corrected chi connectivity index (χ0v) is 14.3. The van der Waals surface area contributed by atoms with Gasteiger partial charge in [0.05, 0.1) is 0 Å². The minimum absolute atomic E-state index is 0.0513. The van der Waals surface area contributed by atoms with Crippen LogP contribution in [0.2, 0.25) is 0 Å². The van der Waals surface area contributed by atoms with Crippen LogP contribution in [0.4, 0.5) is 11.4 Å². The van der Waals surface area contributed by atoms with Gasteiger partial charge >= 0.3 is 0 Å². The Kier molecular flexibility index (Phi) is 5.09. The van der Waals surface area contributed by atoms with Gasteiger partial charge in [-0.3, -0.25) is 9.78 Å². The van der Waals surface area contributed by atoms with Crippen molar-refractivity contribution in [3.8, 4) is 11.5 Å². The largest absolute Gasteiger partial charge is 0.457 e. The average molecular weight is 332 g/mol. The zero-order valence-electron chi connectivity index (χ0n) is 14.3. The summed E-state index contributed by atoms with van der Waals surface area (Å²) in [5.74, 6) is 1.53. The first kappa shape index (κ1) is 16.7. The third-order valence-electron chi connectivity index (χ3n) is 3.89. The Balaban J connectivity index is 1.76. The number of anilines is 2. The molecule has 0 atom stereocenters. The monoisotopic (exact) mass is 332 g/mol. The number of ketones is 1. The van der Waals surface area contributed by atoms with E-state index in [9.17, 15) is 4.79 Å². The SMILES string of the molecule is CCc1ccc(Nc2ccc(Oc3ccncc3)cc2)c(C(C)=O)c1. The first-order valence-corrected chi connectivity index (χ1v) is 8.24. The van der Waals surface area contributed by atoms with Crippen LogP contribution in [0.1, 0.15) is 29.8 Å². The summed E-state index contributed by atoms with van der Waals surface area (Å²) in [6, 6.07) is 17.2. The predicted octanol–water partition coefficient (Wildman–Crippen LogP) is 5.38. The minimum atomic E-state index is 0.0513. The van der Waals surface area contributed by atoms with Crippen LogP contribution in [0.15, 0.2) is 67.0 Å². The Hall–Kier alpha value is -3.14. The summed E-state index contributed by atoms with van der Waals surface area (Å²) in [6.45, 7) is 3.67. The molecule has 3 rings (SSSR count). The number of Topliss-reactive ketones (excluding diaryl/α,β-unsaturated/α-hetero) is 1. The molecule has 4 nitrogen and oxygen atoms in total. The van der Waals surface area contributed by atoms with E-state index >= 15 is 0 Å². The van der Waals surface area contributed by atoms with Crippen LogP contribution in [-0.2, 0) is 6.42 Å². The van der Waals surface area contributed by atoms with Crippen LogP contribution in [0, 0.1) is 0 Å². The summed E-state index contributed by atoms with van der Waals surface area (Å²) in [5, 5.41) is 3.31. The van der Waals surface area contributed by atoms with E-state index in [0.717, 1.165) is 34.9 Å². The molecular weight excluding hydrogens is 312 g/mol. The molecule has 0 saturated heterocycles. The molecule has 126 valence electrons. The van der Waals surface area contributed by atoms with E-state index in [1.54, 1.807) is 31.5 Å². The van der Waals surface area contributed by atoms with Gasteiger partial charge in [-0.05, 0) is 67.4 Å². The summed E-state index contributed by atoms with van der Waals surface area (Å²) in [6.07, 6.45) is 4.28. The molecule has 0 spiro atoms. The Morgan fingerprint density at radius 1 is 1.00 bits per heavy atom. The molecule has 0 bridgehead atoms. The van der Waals surface area contributed by atoms with Gasteiger partial charge in [-0.2, -0.15) is 0 Å². The van der Waals surface area contributed by atoms with Crippen LogP contribution in [0.25, 0.3) is 0 Å². The summed E-state index contributed by atoms with van der Waals surface area (Å²) in [7, 11) is 0. The second kappa shape index (κ2) is 7.62. The minimum Gasteiger partial charge on any atom is -0.457 e. The highest BCUT2D eigenvalue weighted by Gasteiger charge is 2.08. The lowest BCUT2D eigenvalue weighted by Crippen LogP contribution is -2.01. The fourth-order valence-electron chi connectivity index (χ4n) is 2.52. The molecule has 0 aliphatic rings. The maximum absolute atomic E-state index is 11.9. The van der Waals surface area contributed by atoms with Crippen LogP contribution in [0.3, 0.4) is 0 Å². The normalized spacial score (nSPS) is 10.3. The van der Waals surface area contributed by atoms with Crippen molar-refractivity contribution in [2.45, 2.75) is 20.3 Å². The summed E-state index contributed by atoms with van der Waals surface area (Å²) >= 11 is 0. The van der Waals surface area contributed by atoms with Gasteiger partial charge in [0, 0.05) is 29.3 Å². The van der Waals surface area contributed by atoms with Crippen LogP contribution in [0.5, 0.6) is 11.5 Å². The molecule has 0 saturated carbocycles. The molecule has 2 aromatic carbocycles. The van der Waals surface area contributed by atoms with Gasteiger partial charge in [0.2, 0.25) is 0 Å². The van der Waals surface area contributed by atoms with E-state index in [0.29, 0.717) is 5.56 Å². The number of nitrogens with zero attached hydrogens (tertiary/aromatic N) is 1. The molecule has 1 aromatic heterocycles. The second-order valence-corrected chi connectivity index (χ2v) is 5.72. The fourth-order valence-corrected chi connectivity index (χ4v) is 2.52. The van der Waals surface area contributed by atoms with E-state index in [4.69, 9.17) is 4.74 Å². The number of benzene rings is 2. The summed E-state index contributed by atoms with van der Waals surface area (Å²) in [5.41, 5.74) is 3.56. The Bertz CT molecular complexity index is 859. The molecular formula is C21H20N2O2. The van der Waals surface area contributed by atoms with Crippen molar-refractivity contribution in [1.29, 1.82) is 0 Å². The van der Waals surface area contributed by atoms with Gasteiger partial charge in [-0.1, -0.05) is 13.0 Å². The molecule has 0 radical (unpaired) electrons. The van der Waals surface area contributed by atoms with E-state index in [2.05, 4.69) is 17.2 Å². The van der Waals surface area contributed by atoms with Gasteiger partial charge in [-0.15, -0.1) is 0 Å². The smallest absolute Gasteiger partial charge is 0.161 e. The lowest BCUT2D eigenvalue weighted by Gasteiger charge is -2.12. The van der Waals surface area contributed by atoms with Gasteiger partial charge < -0.3 is 10.1 Å². The van der Waals surface area contributed by atoms with E-state index in [1.807, 2.05) is 42.5 Å². The standard InChI is InChI=1S/C21H20N2O2/c1-3-16-4-9-21(20(14-16)15(2)24)23-17-5-7-18(8-6-17)25-19-10-12-22-13-11-19/h4-14,23H,3H2,1-2H3. The third kappa shape index (κ3) is 4.23. The van der Waals surface area contributed by atoms with E-state index < -0.39 is 0 Å². The van der Waals surface area contributed by atoms with Crippen molar-refractivity contribution in [3.05, 3.63) is 78.1 Å². The highest BCUT2D eigenvalue weighted by Crippen LogP contribution is 2.26. The van der Waals surface area contributed by atoms with Gasteiger partial charge in [0.15, 0.2) is 5.78 Å². The van der Waals surface area contributed by atoms with Gasteiger partial charge in [-0.25, -0.2) is 0 Å². The highest BCUT2D eigenvalue weighted by atomic mass is 16.5. The average Bonchev–Trinajstić information content (AvgIpc) is 2.64. The summed E-state index contributed by atoms with van der Waals surface area (Å²) < 4.78 is 5.75. The zero-order chi connectivity index (χ0) is 17.6. The molecule has 0 amide bonds. The van der Waals surface area contributed by atoms with Gasteiger partial charge in [0.25, 0.3) is 0 Å². The van der Waals surface area contributed by atoms with Crippen molar-refractivity contribution >= 4 is 17.2 Å². The Labute approximate surface area is 147 Å². The Morgan fingerprint density at radius 3 is 2.32 bits per heavy atom. The van der Waals surface area contributed by atoms with E-state index in [-0.39, 0.29) is 5.78 Å². The van der Waals surface area contributed by atoms with Gasteiger partial charge in [0.1, 0.15) is 11.5 Å². The number of carbonyl (C=O) groups excluding carboxylic acids is 1. The van der Waals surface area contributed by atoms with Crippen molar-refractivity contribution in [3.63, 3.8) is 0 Å². The van der Waals surface area contributed by atoms with Crippen LogP contribution >= 0.6 is 0 Å². The molecule has 1 heterocycles. The molecule has 4 heteroatoms. The number of pyridine rings is 1. The topological polar surface area (TPSA) is 51.2 Å². The lowest BCUT2D eigenvalue weighted by atomic mass is 10.0. The number of hydrogen-bond donors (Lipinski definition) is 1. The Morgan fingerprint density at radius 2 is 1.68 bits per heavy atom. The van der Waals surface area contributed by atoms with Crippen molar-refractivity contribution in [1.82, 2.24) is 4.98 Å². The van der Waals surface area contributed by atoms with Crippen molar-refractivity contribution in [2.75, 3.05) is 5.32 Å². The van der Waals surface area contributed by atoms with Crippen LogP contribution in [-0.4, -0.2) is 10.8 Å². The number of hydrogen-bond acceptors (Lipinski definition) is 4. The number of carbonyl (C=O) groups is 1. The van der Waals surface area contributed by atoms with Crippen molar-refractivity contribution < 1.29 is 9.53 Å². The lowest BCUT2D eigenvalue weighted by molar-refractivity contribution is 0.101. The molecule has 25 heavy (non-hydrogen) atoms. The number of ether oxygens (including phenoxy) is 1. The summed E-state index contributed by atoms with van der Waals surface area (Å²) in [4.78, 5) is 15.9. The predicted molar refractivity (Wildman–Crippen MR) is 99.9 cm³/mol. The third-order valence-corrected chi connectivity index (χ3v) is 3.89. The number of nitrogens with one attached hydrogen (secondary N) is 1. The first-order valence-electron chi connectivity index (χ1n) is 8.24. The second-order valence-electron chi connectivity index (χ2n) is 5.72. The highest BCUT2D eigenvalue weighted by molar-refractivity contribution is 6.00. The molecule has 3 aromatic rings. The number of rotatable bonds is 6. The number of aromatic nitrogens is 1. The molecule has 1 N–H and O–H groups in total. The maximum Gasteiger partial charge on any atom is 0.161 e. The number of aryl methyl sites for hydroxylation is 1. The molecule has 0 aliphatic carbocycles. The molecule has 0 aliphatic heterocycles. The maximum atomic E-state index is 11.9. The molecule has 0 unspecified atom stereocenters. The molecule has 0 fully saturated rings. The van der Waals surface area contributed by atoms with Crippen LogP contribution < -0.4 is 10.1 Å². The quantitative estimate of drug-likeness (QED) is 0.616. The van der Waals surface area contributed by atoms with Crippen molar-refractivity contribution in [2.24, 2.45) is 0 Å². The van der Waals surface area contributed by atoms with E-state index in [1.165, 1.54) is 0 Å².